The van der Waals surface area contributed by atoms with Gasteiger partial charge in [0, 0.05) is 62.7 Å². The van der Waals surface area contributed by atoms with Gasteiger partial charge in [0.25, 0.3) is 0 Å². The van der Waals surface area contributed by atoms with Gasteiger partial charge in [0.15, 0.2) is 0 Å². The molecular formula is C54H35N5. The average Bonchev–Trinajstić information content (AvgIpc) is 3.52. The lowest BCUT2D eigenvalue weighted by Gasteiger charge is -2.25. The van der Waals surface area contributed by atoms with Crippen LogP contribution in [0.2, 0.25) is 0 Å². The van der Waals surface area contributed by atoms with Crippen LogP contribution in [0.5, 0.6) is 0 Å². The van der Waals surface area contributed by atoms with E-state index in [0.717, 1.165) is 88.2 Å². The maximum atomic E-state index is 5.29. The van der Waals surface area contributed by atoms with Gasteiger partial charge in [0.2, 0.25) is 0 Å². The Hall–Kier alpha value is -7.63. The number of benzene rings is 6. The summed E-state index contributed by atoms with van der Waals surface area (Å²) < 4.78 is 0. The van der Waals surface area contributed by atoms with Crippen molar-refractivity contribution in [2.75, 3.05) is 0 Å². The van der Waals surface area contributed by atoms with Gasteiger partial charge in [-0.05, 0) is 116 Å². The monoisotopic (exact) mass is 753 g/mol. The molecule has 5 heteroatoms. The first-order chi connectivity index (χ1) is 29.0. The Balaban J connectivity index is 1.09. The number of pyridine rings is 5. The molecule has 11 aromatic rings. The summed E-state index contributed by atoms with van der Waals surface area (Å²) in [6, 6.07) is 54.5. The predicted octanol–water partition coefficient (Wildman–Crippen LogP) is 13.4. The highest BCUT2D eigenvalue weighted by Crippen LogP contribution is 2.53. The normalized spacial score (nSPS) is 13.1. The summed E-state index contributed by atoms with van der Waals surface area (Å²) in [5, 5.41) is 5.40. The molecule has 0 atom stereocenters. The van der Waals surface area contributed by atoms with Gasteiger partial charge >= 0.3 is 0 Å². The van der Waals surface area contributed by atoms with Gasteiger partial charge in [-0.25, -0.2) is 4.98 Å². The van der Waals surface area contributed by atoms with Crippen LogP contribution in [-0.4, -0.2) is 24.9 Å². The third-order valence-electron chi connectivity index (χ3n) is 12.4. The number of hydrogen-bond donors (Lipinski definition) is 0. The second kappa shape index (κ2) is 12.7. The molecule has 59 heavy (non-hydrogen) atoms. The van der Waals surface area contributed by atoms with E-state index in [1.54, 1.807) is 0 Å². The lowest BCUT2D eigenvalue weighted by Crippen LogP contribution is -2.16. The van der Waals surface area contributed by atoms with Crippen LogP contribution in [0.15, 0.2) is 176 Å². The SMILES string of the molecule is CC1(C)c2ccccc2-c2nc3ccccc3c(-c3ccc(-c4cc(-c5cc6cccnc6c6ncccc56)cc(-c5cc6cccnc6c6ncccc56)c4)cc3)c21. The molecule has 0 radical (unpaired) electrons. The van der Waals surface area contributed by atoms with E-state index in [0.29, 0.717) is 0 Å². The van der Waals surface area contributed by atoms with Crippen LogP contribution in [0, 0.1) is 0 Å². The third kappa shape index (κ3) is 5.08. The molecule has 5 heterocycles. The van der Waals surface area contributed by atoms with E-state index in [2.05, 4.69) is 141 Å². The van der Waals surface area contributed by atoms with Gasteiger partial charge in [-0.2, -0.15) is 0 Å². The molecule has 1 aliphatic rings. The molecule has 6 aromatic carbocycles. The zero-order valence-corrected chi connectivity index (χ0v) is 32.5. The molecule has 1 aliphatic carbocycles. The third-order valence-corrected chi connectivity index (χ3v) is 12.4. The Bertz CT molecular complexity index is 3400. The number of rotatable bonds is 4. The molecule has 12 rings (SSSR count). The summed E-state index contributed by atoms with van der Waals surface area (Å²) in [5.41, 5.74) is 18.4. The highest BCUT2D eigenvalue weighted by Gasteiger charge is 2.39. The van der Waals surface area contributed by atoms with Crippen molar-refractivity contribution >= 4 is 54.5 Å². The molecule has 5 aromatic heterocycles. The number of fused-ring (bicyclic) bond motifs is 10. The predicted molar refractivity (Wildman–Crippen MR) is 242 cm³/mol. The Labute approximate surface area is 340 Å². The highest BCUT2D eigenvalue weighted by atomic mass is 14.7. The van der Waals surface area contributed by atoms with Crippen molar-refractivity contribution in [2.45, 2.75) is 19.3 Å². The van der Waals surface area contributed by atoms with E-state index in [-0.39, 0.29) is 5.41 Å². The maximum absolute atomic E-state index is 5.29. The van der Waals surface area contributed by atoms with E-state index >= 15 is 0 Å². The Morgan fingerprint density at radius 1 is 0.390 bits per heavy atom. The fourth-order valence-corrected chi connectivity index (χ4v) is 9.65. The van der Waals surface area contributed by atoms with Crippen molar-refractivity contribution in [3.8, 4) is 55.8 Å². The first-order valence-corrected chi connectivity index (χ1v) is 20.1. The Morgan fingerprint density at radius 3 is 1.54 bits per heavy atom. The first-order valence-electron chi connectivity index (χ1n) is 20.1. The molecular weight excluding hydrogens is 719 g/mol. The van der Waals surface area contributed by atoms with Crippen LogP contribution in [-0.2, 0) is 5.41 Å². The fourth-order valence-electron chi connectivity index (χ4n) is 9.65. The van der Waals surface area contributed by atoms with Crippen molar-refractivity contribution < 1.29 is 0 Å². The highest BCUT2D eigenvalue weighted by molar-refractivity contribution is 6.13. The van der Waals surface area contributed by atoms with E-state index in [9.17, 15) is 0 Å². The summed E-state index contributed by atoms with van der Waals surface area (Å²) in [5.74, 6) is 0. The van der Waals surface area contributed by atoms with E-state index < -0.39 is 0 Å². The second-order valence-electron chi connectivity index (χ2n) is 16.1. The lowest BCUT2D eigenvalue weighted by atomic mass is 9.78. The number of aromatic nitrogens is 5. The fraction of sp³-hybridized carbons (Fsp3) is 0.0556. The number of nitrogens with zero attached hydrogens (tertiary/aromatic N) is 5. The molecule has 0 bridgehead atoms. The minimum absolute atomic E-state index is 0.208. The Morgan fingerprint density at radius 2 is 0.898 bits per heavy atom. The number of para-hydroxylation sites is 1. The van der Waals surface area contributed by atoms with Gasteiger partial charge in [-0.15, -0.1) is 0 Å². The Kier molecular flexibility index (Phi) is 7.20. The molecule has 0 N–H and O–H groups in total. The molecule has 0 spiro atoms. The van der Waals surface area contributed by atoms with Crippen LogP contribution in [0.4, 0.5) is 0 Å². The molecule has 0 aliphatic heterocycles. The number of hydrogen-bond acceptors (Lipinski definition) is 5. The quantitative estimate of drug-likeness (QED) is 0.167. The molecule has 0 amide bonds. The molecule has 0 saturated heterocycles. The second-order valence-corrected chi connectivity index (χ2v) is 16.1. The molecule has 0 unspecified atom stereocenters. The van der Waals surface area contributed by atoms with Crippen LogP contribution in [0.3, 0.4) is 0 Å². The van der Waals surface area contributed by atoms with Gasteiger partial charge in [0.1, 0.15) is 0 Å². The summed E-state index contributed by atoms with van der Waals surface area (Å²) in [6.45, 7) is 4.67. The van der Waals surface area contributed by atoms with Gasteiger partial charge in [-0.1, -0.05) is 105 Å². The van der Waals surface area contributed by atoms with Crippen LogP contribution in [0.25, 0.3) is 110 Å². The van der Waals surface area contributed by atoms with Gasteiger partial charge in [-0.3, -0.25) is 19.9 Å². The average molecular weight is 754 g/mol. The molecule has 5 nitrogen and oxygen atoms in total. The van der Waals surface area contributed by atoms with E-state index in [4.69, 9.17) is 24.9 Å². The molecule has 276 valence electrons. The summed E-state index contributed by atoms with van der Waals surface area (Å²) >= 11 is 0. The van der Waals surface area contributed by atoms with E-state index in [1.807, 2.05) is 49.1 Å². The minimum Gasteiger partial charge on any atom is -0.254 e. The van der Waals surface area contributed by atoms with Gasteiger partial charge in [0.05, 0.1) is 33.3 Å². The largest absolute Gasteiger partial charge is 0.254 e. The van der Waals surface area contributed by atoms with Crippen molar-refractivity contribution in [1.82, 2.24) is 24.9 Å². The molecule has 0 saturated carbocycles. The maximum Gasteiger partial charge on any atom is 0.0970 e. The smallest absolute Gasteiger partial charge is 0.0970 e. The summed E-state index contributed by atoms with van der Waals surface area (Å²) in [4.78, 5) is 24.5. The standard InChI is InChI=1S/C54H35N5/c1-54(2)45-17-5-3-13-41(45)51-48(54)47(42-14-4-6-18-46(42)59-51)33-21-19-32(20-22-33)36-27-37(43-30-34-11-7-23-55-49(34)52-39(43)15-9-25-57-52)29-38(28-36)44-31-35-12-8-24-56-50(35)53-40(44)16-10-26-58-53/h3-31H,1-2H3. The van der Waals surface area contributed by atoms with Crippen LogP contribution >= 0.6 is 0 Å². The van der Waals surface area contributed by atoms with E-state index in [1.165, 1.54) is 33.2 Å². The van der Waals surface area contributed by atoms with Crippen molar-refractivity contribution in [1.29, 1.82) is 0 Å². The zero-order valence-electron chi connectivity index (χ0n) is 32.5. The van der Waals surface area contributed by atoms with Gasteiger partial charge < -0.3 is 0 Å². The van der Waals surface area contributed by atoms with Crippen LogP contribution in [0.1, 0.15) is 25.0 Å². The van der Waals surface area contributed by atoms with Crippen molar-refractivity contribution in [3.63, 3.8) is 0 Å². The molecule has 0 fully saturated rings. The zero-order chi connectivity index (χ0) is 39.2. The summed E-state index contributed by atoms with van der Waals surface area (Å²) in [7, 11) is 0. The van der Waals surface area contributed by atoms with Crippen molar-refractivity contribution in [2.24, 2.45) is 0 Å². The topological polar surface area (TPSA) is 64.5 Å². The van der Waals surface area contributed by atoms with Crippen LogP contribution < -0.4 is 0 Å². The van der Waals surface area contributed by atoms with Crippen molar-refractivity contribution in [3.05, 3.63) is 188 Å². The summed E-state index contributed by atoms with van der Waals surface area (Å²) in [6.07, 6.45) is 7.39. The minimum atomic E-state index is -0.208. The lowest BCUT2D eigenvalue weighted by molar-refractivity contribution is 0.662. The first kappa shape index (κ1) is 33.5.